The van der Waals surface area contributed by atoms with Gasteiger partial charge in [-0.3, -0.25) is 0 Å². The van der Waals surface area contributed by atoms with E-state index in [9.17, 15) is 10.2 Å². The fourth-order valence-electron chi connectivity index (χ4n) is 0.886. The Morgan fingerprint density at radius 1 is 1.45 bits per heavy atom. The number of aliphatic hydroxyl groups is 3. The third-order valence-electron chi connectivity index (χ3n) is 1.86. The van der Waals surface area contributed by atoms with Gasteiger partial charge in [-0.05, 0) is 6.42 Å². The predicted molar refractivity (Wildman–Crippen MR) is 43.2 cm³/mol. The van der Waals surface area contributed by atoms with Gasteiger partial charge in [0.2, 0.25) is 0 Å². The molecular formula is C8H16O3. The van der Waals surface area contributed by atoms with E-state index in [0.29, 0.717) is 6.42 Å². The quantitative estimate of drug-likeness (QED) is 0.534. The highest BCUT2D eigenvalue weighted by atomic mass is 16.3. The molecule has 3 N–H and O–H groups in total. The monoisotopic (exact) mass is 160 g/mol. The second kappa shape index (κ2) is 4.36. The Bertz CT molecular complexity index is 133. The topological polar surface area (TPSA) is 60.7 Å². The average molecular weight is 160 g/mol. The summed E-state index contributed by atoms with van der Waals surface area (Å²) in [5.41, 5.74) is 0. The first-order valence-electron chi connectivity index (χ1n) is 3.74. The first kappa shape index (κ1) is 10.5. The molecule has 0 amide bonds. The molecule has 0 aliphatic rings. The fourth-order valence-corrected chi connectivity index (χ4v) is 0.886. The minimum atomic E-state index is -1.02. The molecule has 11 heavy (non-hydrogen) atoms. The van der Waals surface area contributed by atoms with Gasteiger partial charge in [0.25, 0.3) is 0 Å². The molecule has 0 aromatic heterocycles. The Balaban J connectivity index is 4.00. The molecule has 0 fully saturated rings. The van der Waals surface area contributed by atoms with Gasteiger partial charge in [-0.2, -0.15) is 0 Å². The van der Waals surface area contributed by atoms with Crippen molar-refractivity contribution < 1.29 is 15.3 Å². The second-order valence-corrected chi connectivity index (χ2v) is 2.77. The maximum Gasteiger partial charge on any atom is 0.115 e. The minimum absolute atomic E-state index is 0.287. The van der Waals surface area contributed by atoms with Crippen LogP contribution in [0.1, 0.15) is 20.3 Å². The van der Waals surface area contributed by atoms with Crippen molar-refractivity contribution in [2.45, 2.75) is 32.5 Å². The van der Waals surface area contributed by atoms with Gasteiger partial charge in [-0.25, -0.2) is 0 Å². The van der Waals surface area contributed by atoms with Crippen LogP contribution >= 0.6 is 0 Å². The van der Waals surface area contributed by atoms with Crippen molar-refractivity contribution in [1.82, 2.24) is 0 Å². The summed E-state index contributed by atoms with van der Waals surface area (Å²) in [6.07, 6.45) is -1.05. The molecule has 3 nitrogen and oxygen atoms in total. The Labute approximate surface area is 67.0 Å². The highest BCUT2D eigenvalue weighted by Gasteiger charge is 2.22. The van der Waals surface area contributed by atoms with Crippen LogP contribution in [0.3, 0.4) is 0 Å². The fraction of sp³-hybridized carbons (Fsp3) is 0.750. The number of hydrogen-bond acceptors (Lipinski definition) is 3. The average Bonchev–Trinajstić information content (AvgIpc) is 2.00. The Morgan fingerprint density at radius 3 is 2.18 bits per heavy atom. The Kier molecular flexibility index (Phi) is 4.15. The molecule has 0 saturated carbocycles. The smallest absolute Gasteiger partial charge is 0.115 e. The molecule has 3 atom stereocenters. The van der Waals surface area contributed by atoms with Gasteiger partial charge < -0.3 is 15.3 Å². The summed E-state index contributed by atoms with van der Waals surface area (Å²) in [6.45, 7) is 6.67. The molecule has 0 bridgehead atoms. The third kappa shape index (κ3) is 2.91. The van der Waals surface area contributed by atoms with Gasteiger partial charge in [-0.1, -0.05) is 20.4 Å². The largest absolute Gasteiger partial charge is 0.510 e. The molecule has 0 unspecified atom stereocenters. The van der Waals surface area contributed by atoms with Gasteiger partial charge in [0.05, 0.1) is 6.10 Å². The lowest BCUT2D eigenvalue weighted by molar-refractivity contribution is 0.0193. The van der Waals surface area contributed by atoms with Crippen molar-refractivity contribution in [3.63, 3.8) is 0 Å². The third-order valence-corrected chi connectivity index (χ3v) is 1.86. The lowest BCUT2D eigenvalue weighted by Gasteiger charge is -2.21. The zero-order valence-corrected chi connectivity index (χ0v) is 6.99. The molecular weight excluding hydrogens is 144 g/mol. The molecule has 0 spiro atoms. The Hall–Kier alpha value is -0.540. The Morgan fingerprint density at radius 2 is 1.91 bits per heavy atom. The van der Waals surface area contributed by atoms with E-state index in [4.69, 9.17) is 5.11 Å². The van der Waals surface area contributed by atoms with Gasteiger partial charge in [0.15, 0.2) is 0 Å². The first-order chi connectivity index (χ1) is 5.00. The lowest BCUT2D eigenvalue weighted by atomic mass is 9.95. The number of rotatable bonds is 4. The van der Waals surface area contributed by atoms with Crippen LogP contribution in [0.25, 0.3) is 0 Å². The van der Waals surface area contributed by atoms with Crippen LogP contribution in [0.15, 0.2) is 12.3 Å². The van der Waals surface area contributed by atoms with Crippen molar-refractivity contribution in [2.75, 3.05) is 0 Å². The SMILES string of the molecule is C=C(O)[C@H](O)[C@@H](C)[C@@H](O)CC. The number of aliphatic hydroxyl groups excluding tert-OH is 3. The van der Waals surface area contributed by atoms with Crippen LogP contribution in [-0.4, -0.2) is 27.5 Å². The summed E-state index contributed by atoms with van der Waals surface area (Å²) in [7, 11) is 0. The molecule has 0 aromatic rings. The number of hydrogen-bond donors (Lipinski definition) is 3. The molecule has 3 heteroatoms. The molecule has 0 rings (SSSR count). The van der Waals surface area contributed by atoms with Crippen molar-refractivity contribution in [3.05, 3.63) is 12.3 Å². The van der Waals surface area contributed by atoms with Crippen LogP contribution in [0.2, 0.25) is 0 Å². The van der Waals surface area contributed by atoms with Crippen LogP contribution < -0.4 is 0 Å². The van der Waals surface area contributed by atoms with Crippen molar-refractivity contribution >= 4 is 0 Å². The van der Waals surface area contributed by atoms with Crippen molar-refractivity contribution in [3.8, 4) is 0 Å². The van der Waals surface area contributed by atoms with Crippen molar-refractivity contribution in [1.29, 1.82) is 0 Å². The van der Waals surface area contributed by atoms with Crippen LogP contribution in [-0.2, 0) is 0 Å². The minimum Gasteiger partial charge on any atom is -0.510 e. The van der Waals surface area contributed by atoms with Gasteiger partial charge >= 0.3 is 0 Å². The maximum absolute atomic E-state index is 9.23. The van der Waals surface area contributed by atoms with Crippen molar-refractivity contribution in [2.24, 2.45) is 5.92 Å². The first-order valence-corrected chi connectivity index (χ1v) is 3.74. The summed E-state index contributed by atoms with van der Waals surface area (Å²) < 4.78 is 0. The van der Waals surface area contributed by atoms with E-state index in [0.717, 1.165) is 0 Å². The normalized spacial score (nSPS) is 18.9. The maximum atomic E-state index is 9.23. The summed E-state index contributed by atoms with van der Waals surface area (Å²) in [6, 6.07) is 0. The summed E-state index contributed by atoms with van der Waals surface area (Å²) in [5, 5.41) is 27.2. The van der Waals surface area contributed by atoms with E-state index in [1.807, 2.05) is 6.92 Å². The van der Waals surface area contributed by atoms with Crippen LogP contribution in [0.4, 0.5) is 0 Å². The predicted octanol–water partition coefficient (Wildman–Crippen LogP) is 0.826. The molecule has 66 valence electrons. The molecule has 0 heterocycles. The van der Waals surface area contributed by atoms with Crippen LogP contribution in [0.5, 0.6) is 0 Å². The molecule has 0 radical (unpaired) electrons. The van der Waals surface area contributed by atoms with E-state index >= 15 is 0 Å². The van der Waals surface area contributed by atoms with Gasteiger partial charge in [0.1, 0.15) is 11.9 Å². The zero-order valence-electron chi connectivity index (χ0n) is 6.99. The van der Waals surface area contributed by atoms with E-state index in [2.05, 4.69) is 6.58 Å². The highest BCUT2D eigenvalue weighted by Crippen LogP contribution is 2.15. The highest BCUT2D eigenvalue weighted by molar-refractivity contribution is 4.93. The van der Waals surface area contributed by atoms with Gasteiger partial charge in [-0.15, -0.1) is 0 Å². The summed E-state index contributed by atoms with van der Waals surface area (Å²) in [4.78, 5) is 0. The van der Waals surface area contributed by atoms with E-state index in [1.165, 1.54) is 0 Å². The van der Waals surface area contributed by atoms with Gasteiger partial charge in [0, 0.05) is 5.92 Å². The molecule has 0 aromatic carbocycles. The standard InChI is InChI=1S/C8H16O3/c1-4-7(10)5(2)8(11)6(3)9/h5,7-11H,3-4H2,1-2H3/t5-,7-,8+/m0/s1. The van der Waals surface area contributed by atoms with E-state index < -0.39 is 12.2 Å². The lowest BCUT2D eigenvalue weighted by Crippen LogP contribution is -2.30. The summed E-state index contributed by atoms with van der Waals surface area (Å²) in [5.74, 6) is -0.650. The molecule has 0 aliphatic heterocycles. The second-order valence-electron chi connectivity index (χ2n) is 2.77. The van der Waals surface area contributed by atoms with Crippen LogP contribution in [0, 0.1) is 5.92 Å². The van der Waals surface area contributed by atoms with E-state index in [1.54, 1.807) is 6.92 Å². The van der Waals surface area contributed by atoms with E-state index in [-0.39, 0.29) is 11.7 Å². The molecule has 0 aliphatic carbocycles. The molecule has 0 saturated heterocycles. The summed E-state index contributed by atoms with van der Waals surface area (Å²) >= 11 is 0. The zero-order chi connectivity index (χ0) is 9.02.